The highest BCUT2D eigenvalue weighted by atomic mass is 32.2. The number of nitrogens with one attached hydrogen (secondary N) is 1. The van der Waals surface area contributed by atoms with E-state index in [2.05, 4.69) is 10.9 Å². The van der Waals surface area contributed by atoms with E-state index in [1.54, 1.807) is 0 Å². The van der Waals surface area contributed by atoms with Crippen molar-refractivity contribution in [3.63, 3.8) is 0 Å². The molecule has 10 heavy (non-hydrogen) atoms. The van der Waals surface area contributed by atoms with Gasteiger partial charge in [-0.2, -0.15) is 4.99 Å². The summed E-state index contributed by atoms with van der Waals surface area (Å²) in [5, 5.41) is 7.08. The van der Waals surface area contributed by atoms with Crippen molar-refractivity contribution in [1.29, 1.82) is 5.41 Å². The number of hydrogen-bond donors (Lipinski definition) is 3. The molecule has 0 bridgehead atoms. The third-order valence-corrected chi connectivity index (χ3v) is 1.20. The number of aliphatic imine (C=N–C) groups is 1. The van der Waals surface area contributed by atoms with Gasteiger partial charge in [0.15, 0.2) is 11.1 Å². The van der Waals surface area contributed by atoms with Crippen molar-refractivity contribution in [3.8, 4) is 12.3 Å². The lowest BCUT2D eigenvalue weighted by molar-refractivity contribution is 1.44. The fraction of sp³-hybridized carbons (Fsp3) is 0.200. The van der Waals surface area contributed by atoms with E-state index < -0.39 is 0 Å². The number of nitrogens with zero attached hydrogens (tertiary/aromatic N) is 1. The van der Waals surface area contributed by atoms with E-state index in [0.717, 1.165) is 11.8 Å². The van der Waals surface area contributed by atoms with Gasteiger partial charge < -0.3 is 11.5 Å². The van der Waals surface area contributed by atoms with Gasteiger partial charge in [0.05, 0.1) is 5.75 Å². The number of amidine groups is 1. The highest BCUT2D eigenvalue weighted by Gasteiger charge is 1.91. The predicted octanol–water partition coefficient (Wildman–Crippen LogP) is -0.439. The van der Waals surface area contributed by atoms with Crippen LogP contribution in [0.4, 0.5) is 0 Å². The molecule has 0 fully saturated rings. The Morgan fingerprint density at radius 2 is 2.30 bits per heavy atom. The van der Waals surface area contributed by atoms with Crippen molar-refractivity contribution in [3.05, 3.63) is 0 Å². The zero-order valence-electron chi connectivity index (χ0n) is 5.29. The monoisotopic (exact) mass is 156 g/mol. The van der Waals surface area contributed by atoms with Crippen LogP contribution in [0.2, 0.25) is 0 Å². The molecular formula is C5H8N4S. The normalized spacial score (nSPS) is 7.90. The molecule has 0 aliphatic carbocycles. The van der Waals surface area contributed by atoms with E-state index >= 15 is 0 Å². The zero-order valence-corrected chi connectivity index (χ0v) is 6.11. The molecule has 0 radical (unpaired) electrons. The summed E-state index contributed by atoms with van der Waals surface area (Å²) in [5.74, 6) is 2.64. The van der Waals surface area contributed by atoms with Crippen molar-refractivity contribution >= 4 is 22.9 Å². The number of hydrogen-bond acceptors (Lipinski definition) is 2. The van der Waals surface area contributed by atoms with E-state index in [1.807, 2.05) is 0 Å². The van der Waals surface area contributed by atoms with Gasteiger partial charge in [-0.1, -0.05) is 17.7 Å². The summed E-state index contributed by atoms with van der Waals surface area (Å²) < 4.78 is 0. The molecule has 0 aliphatic rings. The van der Waals surface area contributed by atoms with Crippen LogP contribution in [-0.4, -0.2) is 16.9 Å². The fourth-order valence-electron chi connectivity index (χ4n) is 0.260. The maximum absolute atomic E-state index is 7.04. The minimum absolute atomic E-state index is 0.0398. The van der Waals surface area contributed by atoms with Crippen LogP contribution in [0.3, 0.4) is 0 Å². The van der Waals surface area contributed by atoms with Crippen LogP contribution in [0.5, 0.6) is 0 Å². The van der Waals surface area contributed by atoms with Gasteiger partial charge in [-0.3, -0.25) is 5.41 Å². The first-order valence-corrected chi connectivity index (χ1v) is 3.40. The molecule has 0 saturated carbocycles. The minimum Gasteiger partial charge on any atom is -0.370 e. The largest absolute Gasteiger partial charge is 0.370 e. The van der Waals surface area contributed by atoms with Gasteiger partial charge in [-0.05, 0) is 0 Å². The van der Waals surface area contributed by atoms with Crippen LogP contribution in [0.25, 0.3) is 0 Å². The molecule has 0 spiro atoms. The molecule has 0 unspecified atom stereocenters. The number of thioether (sulfide) groups is 1. The van der Waals surface area contributed by atoms with Gasteiger partial charge >= 0.3 is 0 Å². The summed E-state index contributed by atoms with van der Waals surface area (Å²) in [4.78, 5) is 3.44. The number of nitrogens with two attached hydrogens (primary N) is 2. The van der Waals surface area contributed by atoms with E-state index in [-0.39, 0.29) is 11.1 Å². The molecule has 0 aromatic carbocycles. The maximum Gasteiger partial charge on any atom is 0.193 e. The number of guanidine groups is 1. The number of rotatable bonds is 1. The Hall–Kier alpha value is -1.15. The molecule has 0 atom stereocenters. The molecule has 0 saturated heterocycles. The van der Waals surface area contributed by atoms with Gasteiger partial charge in [0.1, 0.15) is 0 Å². The Morgan fingerprint density at radius 3 is 2.70 bits per heavy atom. The maximum atomic E-state index is 7.04. The van der Waals surface area contributed by atoms with Crippen LogP contribution < -0.4 is 11.5 Å². The summed E-state index contributed by atoms with van der Waals surface area (Å²) >= 11 is 1.10. The molecule has 54 valence electrons. The lowest BCUT2D eigenvalue weighted by Crippen LogP contribution is -2.23. The molecule has 0 aliphatic heterocycles. The summed E-state index contributed by atoms with van der Waals surface area (Å²) in [7, 11) is 0. The summed E-state index contributed by atoms with van der Waals surface area (Å²) in [6.07, 6.45) is 4.93. The average molecular weight is 156 g/mol. The van der Waals surface area contributed by atoms with Gasteiger partial charge in [0.25, 0.3) is 0 Å². The van der Waals surface area contributed by atoms with Crippen molar-refractivity contribution < 1.29 is 0 Å². The summed E-state index contributed by atoms with van der Waals surface area (Å²) in [6, 6.07) is 0. The zero-order chi connectivity index (χ0) is 7.98. The molecular weight excluding hydrogens is 148 g/mol. The molecule has 5 N–H and O–H groups in total. The first kappa shape index (κ1) is 8.85. The summed E-state index contributed by atoms with van der Waals surface area (Å²) in [6.45, 7) is 0. The van der Waals surface area contributed by atoms with Crippen LogP contribution in [-0.2, 0) is 0 Å². The standard InChI is InChI=1S/C5H8N4S/c1-2-3-10-5(8)9-4(6)7/h1H,3H2,(H5,6,7,8,9). The first-order chi connectivity index (χ1) is 4.66. The lowest BCUT2D eigenvalue weighted by Gasteiger charge is -1.92. The second-order valence-corrected chi connectivity index (χ2v) is 2.30. The van der Waals surface area contributed by atoms with Gasteiger partial charge in [-0.25, -0.2) is 0 Å². The van der Waals surface area contributed by atoms with Crippen molar-refractivity contribution in [1.82, 2.24) is 0 Å². The molecule has 0 aromatic heterocycles. The molecule has 4 nitrogen and oxygen atoms in total. The van der Waals surface area contributed by atoms with E-state index in [0.29, 0.717) is 5.75 Å². The Morgan fingerprint density at radius 1 is 1.70 bits per heavy atom. The third-order valence-electron chi connectivity index (χ3n) is 0.523. The number of terminal acetylenes is 1. The molecule has 0 amide bonds. The molecule has 0 rings (SSSR count). The van der Waals surface area contributed by atoms with Crippen molar-refractivity contribution in [2.75, 3.05) is 5.75 Å². The van der Waals surface area contributed by atoms with Crippen LogP contribution in [0.1, 0.15) is 0 Å². The van der Waals surface area contributed by atoms with Gasteiger partial charge in [0.2, 0.25) is 0 Å². The molecule has 0 heterocycles. The first-order valence-electron chi connectivity index (χ1n) is 2.41. The predicted molar refractivity (Wildman–Crippen MR) is 44.8 cm³/mol. The second-order valence-electron chi connectivity index (χ2n) is 1.33. The van der Waals surface area contributed by atoms with Crippen molar-refractivity contribution in [2.24, 2.45) is 16.5 Å². The highest BCUT2D eigenvalue weighted by molar-refractivity contribution is 8.13. The lowest BCUT2D eigenvalue weighted by atomic mass is 10.8. The molecule has 5 heteroatoms. The SMILES string of the molecule is C#CCSC(=N)N=C(N)N. The average Bonchev–Trinajstić information content (AvgIpc) is 1.82. The van der Waals surface area contributed by atoms with Gasteiger partial charge in [-0.15, -0.1) is 6.42 Å². The topological polar surface area (TPSA) is 88.2 Å². The second kappa shape index (κ2) is 4.70. The summed E-state index contributed by atoms with van der Waals surface area (Å²) in [5.41, 5.74) is 9.97. The Kier molecular flexibility index (Phi) is 4.16. The van der Waals surface area contributed by atoms with Crippen molar-refractivity contribution in [2.45, 2.75) is 0 Å². The van der Waals surface area contributed by atoms with E-state index in [9.17, 15) is 0 Å². The highest BCUT2D eigenvalue weighted by Crippen LogP contribution is 2.00. The van der Waals surface area contributed by atoms with E-state index in [4.69, 9.17) is 23.3 Å². The van der Waals surface area contributed by atoms with Crippen LogP contribution in [0.15, 0.2) is 4.99 Å². The minimum atomic E-state index is -0.116. The van der Waals surface area contributed by atoms with Crippen LogP contribution >= 0.6 is 11.8 Å². The third kappa shape index (κ3) is 5.00. The van der Waals surface area contributed by atoms with Gasteiger partial charge in [0, 0.05) is 0 Å². The Labute approximate surface area is 63.6 Å². The molecule has 0 aromatic rings. The fourth-order valence-corrected chi connectivity index (χ4v) is 0.650. The quantitative estimate of drug-likeness (QED) is 0.273. The van der Waals surface area contributed by atoms with Crippen LogP contribution in [0, 0.1) is 17.8 Å². The van der Waals surface area contributed by atoms with E-state index in [1.165, 1.54) is 0 Å². The smallest absolute Gasteiger partial charge is 0.193 e. The Balaban J connectivity index is 3.68. The Bertz CT molecular complexity index is 186.